The summed E-state index contributed by atoms with van der Waals surface area (Å²) in [5.74, 6) is 0. The Balaban J connectivity index is 2.30. The van der Waals surface area contributed by atoms with Crippen molar-refractivity contribution in [2.24, 2.45) is 0 Å². The van der Waals surface area contributed by atoms with Crippen molar-refractivity contribution in [1.29, 1.82) is 0 Å². The molecular formula is C11H16N2O5. The molecule has 1 aliphatic rings. The van der Waals surface area contributed by atoms with Gasteiger partial charge < -0.3 is 14.9 Å². The van der Waals surface area contributed by atoms with E-state index in [1.807, 2.05) is 0 Å². The number of aromatic nitrogens is 2. The molecule has 2 rings (SSSR count). The molecular weight excluding hydrogens is 240 g/mol. The minimum atomic E-state index is -0.731. The molecule has 0 radical (unpaired) electrons. The summed E-state index contributed by atoms with van der Waals surface area (Å²) >= 11 is 0. The van der Waals surface area contributed by atoms with Gasteiger partial charge in [0.25, 0.3) is 5.56 Å². The van der Waals surface area contributed by atoms with E-state index in [0.29, 0.717) is 18.4 Å². The predicted molar refractivity (Wildman–Crippen MR) is 62.3 cm³/mol. The van der Waals surface area contributed by atoms with E-state index in [1.54, 1.807) is 6.92 Å². The Hall–Kier alpha value is -1.44. The molecule has 1 aromatic rings. The quantitative estimate of drug-likeness (QED) is 0.621. The smallest absolute Gasteiger partial charge is 0.330 e. The first-order valence-electron chi connectivity index (χ1n) is 5.79. The Bertz CT molecular complexity index is 535. The summed E-state index contributed by atoms with van der Waals surface area (Å²) in [6.07, 6.45) is 0.295. The molecule has 7 nitrogen and oxygen atoms in total. The highest BCUT2D eigenvalue weighted by Crippen LogP contribution is 2.25. The zero-order valence-electron chi connectivity index (χ0n) is 10.00. The van der Waals surface area contributed by atoms with Crippen LogP contribution in [0.15, 0.2) is 15.8 Å². The van der Waals surface area contributed by atoms with Crippen molar-refractivity contribution >= 4 is 0 Å². The van der Waals surface area contributed by atoms with Crippen molar-refractivity contribution in [1.82, 2.24) is 9.55 Å². The summed E-state index contributed by atoms with van der Waals surface area (Å²) in [5, 5.41) is 18.6. The number of ether oxygens (including phenoxy) is 1. The molecule has 0 spiro atoms. The average Bonchev–Trinajstić information content (AvgIpc) is 2.35. The second-order valence-electron chi connectivity index (χ2n) is 4.44. The standard InChI is InChI=1S/C11H16N2O5/c1-6-4-13(11(17)12-10(6)16)9-3-2-7(15)8(5-14)18-9/h4,7-9,14-15H,2-3,5H2,1H3,(H,12,16,17)/t7-,8+,9+/m0/s1. The van der Waals surface area contributed by atoms with E-state index in [1.165, 1.54) is 10.8 Å². The van der Waals surface area contributed by atoms with Crippen LogP contribution in [0.5, 0.6) is 0 Å². The molecule has 1 aromatic heterocycles. The monoisotopic (exact) mass is 256 g/mol. The van der Waals surface area contributed by atoms with Crippen molar-refractivity contribution in [3.8, 4) is 0 Å². The van der Waals surface area contributed by atoms with Gasteiger partial charge >= 0.3 is 5.69 Å². The number of aliphatic hydroxyl groups is 2. The van der Waals surface area contributed by atoms with Crippen LogP contribution in [-0.4, -0.2) is 38.6 Å². The van der Waals surface area contributed by atoms with Gasteiger partial charge in [0.1, 0.15) is 12.3 Å². The van der Waals surface area contributed by atoms with Gasteiger partial charge in [0, 0.05) is 11.8 Å². The molecule has 7 heteroatoms. The normalized spacial score (nSPS) is 28.3. The maximum Gasteiger partial charge on any atom is 0.330 e. The second-order valence-corrected chi connectivity index (χ2v) is 4.44. The van der Waals surface area contributed by atoms with Crippen molar-refractivity contribution in [3.05, 3.63) is 32.6 Å². The average molecular weight is 256 g/mol. The van der Waals surface area contributed by atoms with Crippen LogP contribution in [0.3, 0.4) is 0 Å². The minimum absolute atomic E-state index is 0.311. The van der Waals surface area contributed by atoms with Gasteiger partial charge in [0.15, 0.2) is 0 Å². The molecule has 0 unspecified atom stereocenters. The first-order chi connectivity index (χ1) is 8.52. The van der Waals surface area contributed by atoms with E-state index in [0.717, 1.165) is 0 Å². The van der Waals surface area contributed by atoms with Crippen LogP contribution >= 0.6 is 0 Å². The zero-order valence-corrected chi connectivity index (χ0v) is 10.00. The van der Waals surface area contributed by atoms with Gasteiger partial charge in [0.05, 0.1) is 12.7 Å². The number of aryl methyl sites for hydroxylation is 1. The van der Waals surface area contributed by atoms with E-state index in [9.17, 15) is 14.7 Å². The van der Waals surface area contributed by atoms with Gasteiger partial charge in [-0.05, 0) is 19.8 Å². The largest absolute Gasteiger partial charge is 0.394 e. The number of H-pyrrole nitrogens is 1. The highest BCUT2D eigenvalue weighted by molar-refractivity contribution is 5.01. The van der Waals surface area contributed by atoms with Crippen molar-refractivity contribution in [2.75, 3.05) is 6.61 Å². The highest BCUT2D eigenvalue weighted by Gasteiger charge is 2.30. The number of hydrogen-bond donors (Lipinski definition) is 3. The summed E-state index contributed by atoms with van der Waals surface area (Å²) in [7, 11) is 0. The fourth-order valence-electron chi connectivity index (χ4n) is 2.03. The van der Waals surface area contributed by atoms with Gasteiger partial charge in [0.2, 0.25) is 0 Å². The molecule has 0 bridgehead atoms. The molecule has 3 atom stereocenters. The molecule has 0 aliphatic carbocycles. The van der Waals surface area contributed by atoms with E-state index < -0.39 is 29.7 Å². The van der Waals surface area contributed by atoms with Crippen LogP contribution in [0.25, 0.3) is 0 Å². The Morgan fingerprint density at radius 2 is 2.22 bits per heavy atom. The Kier molecular flexibility index (Phi) is 3.65. The van der Waals surface area contributed by atoms with E-state index in [4.69, 9.17) is 9.84 Å². The second kappa shape index (κ2) is 5.05. The number of hydrogen-bond acceptors (Lipinski definition) is 5. The van der Waals surface area contributed by atoms with Crippen molar-refractivity contribution < 1.29 is 14.9 Å². The van der Waals surface area contributed by atoms with Gasteiger partial charge in [-0.1, -0.05) is 0 Å². The molecule has 2 heterocycles. The van der Waals surface area contributed by atoms with Crippen LogP contribution in [0.1, 0.15) is 24.6 Å². The zero-order chi connectivity index (χ0) is 13.3. The minimum Gasteiger partial charge on any atom is -0.394 e. The van der Waals surface area contributed by atoms with Crippen molar-refractivity contribution in [2.45, 2.75) is 38.2 Å². The third-order valence-corrected chi connectivity index (χ3v) is 3.11. The highest BCUT2D eigenvalue weighted by atomic mass is 16.5. The molecule has 0 amide bonds. The van der Waals surface area contributed by atoms with Crippen LogP contribution in [0.4, 0.5) is 0 Å². The maximum atomic E-state index is 11.7. The lowest BCUT2D eigenvalue weighted by atomic mass is 10.0. The van der Waals surface area contributed by atoms with E-state index in [2.05, 4.69) is 4.98 Å². The lowest BCUT2D eigenvalue weighted by Gasteiger charge is -2.33. The lowest BCUT2D eigenvalue weighted by molar-refractivity contribution is -0.160. The molecule has 1 saturated heterocycles. The molecule has 3 N–H and O–H groups in total. The molecule has 1 fully saturated rings. The van der Waals surface area contributed by atoms with Crippen LogP contribution in [0.2, 0.25) is 0 Å². The summed E-state index contributed by atoms with van der Waals surface area (Å²) in [6, 6.07) is 0. The van der Waals surface area contributed by atoms with Crippen LogP contribution in [-0.2, 0) is 4.74 Å². The van der Waals surface area contributed by atoms with Gasteiger partial charge in [-0.25, -0.2) is 4.79 Å². The third kappa shape index (κ3) is 2.38. The molecule has 0 saturated carbocycles. The fourth-order valence-corrected chi connectivity index (χ4v) is 2.03. The van der Waals surface area contributed by atoms with Crippen LogP contribution < -0.4 is 11.2 Å². The Morgan fingerprint density at radius 1 is 1.50 bits per heavy atom. The molecule has 0 aromatic carbocycles. The molecule has 1 aliphatic heterocycles. The van der Waals surface area contributed by atoms with Crippen molar-refractivity contribution in [3.63, 3.8) is 0 Å². The summed E-state index contributed by atoms with van der Waals surface area (Å²) < 4.78 is 6.73. The van der Waals surface area contributed by atoms with E-state index >= 15 is 0 Å². The molecule has 100 valence electrons. The molecule has 18 heavy (non-hydrogen) atoms. The first kappa shape index (κ1) is 13.0. The number of aromatic amines is 1. The van der Waals surface area contributed by atoms with Gasteiger partial charge in [-0.2, -0.15) is 0 Å². The summed E-state index contributed by atoms with van der Waals surface area (Å²) in [5.41, 5.74) is -0.570. The van der Waals surface area contributed by atoms with E-state index in [-0.39, 0.29) is 6.61 Å². The summed E-state index contributed by atoms with van der Waals surface area (Å²) in [4.78, 5) is 25.1. The lowest BCUT2D eigenvalue weighted by Crippen LogP contribution is -2.43. The Morgan fingerprint density at radius 3 is 2.89 bits per heavy atom. The maximum absolute atomic E-state index is 11.7. The number of nitrogens with zero attached hydrogens (tertiary/aromatic N) is 1. The van der Waals surface area contributed by atoms with Crippen LogP contribution in [0, 0.1) is 6.92 Å². The van der Waals surface area contributed by atoms with Gasteiger partial charge in [-0.15, -0.1) is 0 Å². The number of rotatable bonds is 2. The topological polar surface area (TPSA) is 105 Å². The third-order valence-electron chi connectivity index (χ3n) is 3.11. The number of nitrogens with one attached hydrogen (secondary N) is 1. The predicted octanol–water partition coefficient (Wildman–Crippen LogP) is -1.12. The fraction of sp³-hybridized carbons (Fsp3) is 0.636. The summed E-state index contributed by atoms with van der Waals surface area (Å²) in [6.45, 7) is 1.28. The Labute approximate surface area is 103 Å². The van der Waals surface area contributed by atoms with Gasteiger partial charge in [-0.3, -0.25) is 14.3 Å². The first-order valence-corrected chi connectivity index (χ1v) is 5.79. The number of aliphatic hydroxyl groups excluding tert-OH is 2. The SMILES string of the molecule is Cc1cn([C@H]2CC[C@H](O)[C@@H](CO)O2)c(=O)[nH]c1=O.